The van der Waals surface area contributed by atoms with Crippen LogP contribution >= 0.6 is 12.4 Å². The lowest BCUT2D eigenvalue weighted by Gasteiger charge is -2.23. The zero-order valence-corrected chi connectivity index (χ0v) is 17.7. The third-order valence-electron chi connectivity index (χ3n) is 4.43. The topological polar surface area (TPSA) is 129 Å². The zero-order chi connectivity index (χ0) is 21.4. The van der Waals surface area contributed by atoms with Crippen molar-refractivity contribution in [3.05, 3.63) is 71.3 Å². The Labute approximate surface area is 182 Å². The summed E-state index contributed by atoms with van der Waals surface area (Å²) >= 11 is 0. The van der Waals surface area contributed by atoms with E-state index in [1.54, 1.807) is 30.3 Å². The fourth-order valence-corrected chi connectivity index (χ4v) is 3.02. The second-order valence-corrected chi connectivity index (χ2v) is 6.50. The molecule has 2 aromatic carbocycles. The number of nitrogen functional groups attached to an aromatic ring is 1. The number of amidine groups is 1. The Hall–Kier alpha value is -3.03. The highest BCUT2D eigenvalue weighted by molar-refractivity contribution is 5.95. The van der Waals surface area contributed by atoms with Gasteiger partial charge in [0.2, 0.25) is 0 Å². The maximum Gasteiger partial charge on any atom is 0.330 e. The van der Waals surface area contributed by atoms with Gasteiger partial charge in [0.25, 0.3) is 0 Å². The van der Waals surface area contributed by atoms with E-state index in [2.05, 4.69) is 11.9 Å². The molecule has 8 heteroatoms. The van der Waals surface area contributed by atoms with E-state index in [9.17, 15) is 15.0 Å². The summed E-state index contributed by atoms with van der Waals surface area (Å²) in [7, 11) is 0. The number of benzene rings is 2. The number of halogens is 1. The van der Waals surface area contributed by atoms with Gasteiger partial charge in [0.1, 0.15) is 18.2 Å². The minimum atomic E-state index is -1.07. The number of aryl methyl sites for hydroxylation is 1. The molecule has 0 spiro atoms. The van der Waals surface area contributed by atoms with Crippen LogP contribution in [0.25, 0.3) is 0 Å². The van der Waals surface area contributed by atoms with Gasteiger partial charge in [-0.1, -0.05) is 19.1 Å². The molecule has 0 aliphatic rings. The van der Waals surface area contributed by atoms with Crippen LogP contribution in [0.5, 0.6) is 5.75 Å². The van der Waals surface area contributed by atoms with Crippen LogP contribution < -0.4 is 15.8 Å². The van der Waals surface area contributed by atoms with Gasteiger partial charge in [-0.2, -0.15) is 0 Å². The molecule has 2 aromatic rings. The van der Waals surface area contributed by atoms with Crippen LogP contribution in [0.2, 0.25) is 0 Å². The van der Waals surface area contributed by atoms with Gasteiger partial charge in [0, 0.05) is 16.8 Å². The quantitative estimate of drug-likeness (QED) is 0.210. The van der Waals surface area contributed by atoms with E-state index in [4.69, 9.17) is 15.9 Å². The number of anilines is 1. The van der Waals surface area contributed by atoms with Crippen LogP contribution in [-0.2, 0) is 17.6 Å². The molecule has 0 fully saturated rings. The Bertz CT molecular complexity index is 885. The largest absolute Gasteiger partial charge is 0.491 e. The molecule has 1 atom stereocenters. The van der Waals surface area contributed by atoms with E-state index >= 15 is 0 Å². The number of carboxylic acids is 1. The summed E-state index contributed by atoms with van der Waals surface area (Å²) in [6, 6.07) is 9.37. The molecule has 0 saturated carbocycles. The first-order valence-electron chi connectivity index (χ1n) is 9.35. The van der Waals surface area contributed by atoms with Gasteiger partial charge in [-0.15, -0.1) is 19.0 Å². The number of carboxylic acid groups (broad SMARTS) is 1. The Balaban J connectivity index is 0.00000450. The molecule has 0 amide bonds. The van der Waals surface area contributed by atoms with Gasteiger partial charge in [-0.05, 0) is 54.3 Å². The Morgan fingerprint density at radius 1 is 1.33 bits per heavy atom. The molecule has 1 unspecified atom stereocenters. The van der Waals surface area contributed by atoms with Crippen molar-refractivity contribution in [2.75, 3.05) is 18.5 Å². The molecule has 0 aliphatic heterocycles. The van der Waals surface area contributed by atoms with Gasteiger partial charge < -0.3 is 26.0 Å². The van der Waals surface area contributed by atoms with Crippen LogP contribution in [0.4, 0.5) is 5.69 Å². The maximum absolute atomic E-state index is 12.1. The van der Waals surface area contributed by atoms with Crippen molar-refractivity contribution in [3.8, 4) is 5.75 Å². The van der Waals surface area contributed by atoms with Crippen molar-refractivity contribution in [2.24, 2.45) is 5.73 Å². The van der Waals surface area contributed by atoms with Crippen LogP contribution in [0.15, 0.2) is 49.1 Å². The normalized spacial score (nSPS) is 11.1. The summed E-state index contributed by atoms with van der Waals surface area (Å²) in [5, 5.41) is 29.6. The molecule has 6 N–H and O–H groups in total. The molecule has 0 heterocycles. The second-order valence-electron chi connectivity index (χ2n) is 6.50. The number of hydrogen-bond donors (Lipinski definition) is 5. The van der Waals surface area contributed by atoms with E-state index in [0.717, 1.165) is 17.5 Å². The lowest BCUT2D eigenvalue weighted by Crippen LogP contribution is -2.22. The minimum absolute atomic E-state index is 0. The molecule has 0 aliphatic carbocycles. The fraction of sp³-hybridized carbons (Fsp3) is 0.273. The van der Waals surface area contributed by atoms with Gasteiger partial charge in [-0.25, -0.2) is 4.79 Å². The predicted molar refractivity (Wildman–Crippen MR) is 121 cm³/mol. The van der Waals surface area contributed by atoms with E-state index < -0.39 is 12.0 Å². The number of aliphatic carboxylic acids is 1. The summed E-state index contributed by atoms with van der Waals surface area (Å²) in [4.78, 5) is 12.1. The number of nitrogens with one attached hydrogen (secondary N) is 2. The van der Waals surface area contributed by atoms with E-state index in [1.165, 1.54) is 0 Å². The third kappa shape index (κ3) is 6.23. The van der Waals surface area contributed by atoms with Gasteiger partial charge in [-0.3, -0.25) is 5.41 Å². The number of nitrogens with two attached hydrogens (primary N) is 1. The molecule has 0 radical (unpaired) electrons. The number of aliphatic hydroxyl groups excluding tert-OH is 1. The lowest BCUT2D eigenvalue weighted by atomic mass is 9.95. The van der Waals surface area contributed by atoms with Crippen molar-refractivity contribution in [1.29, 1.82) is 5.41 Å². The average molecular weight is 434 g/mol. The highest BCUT2D eigenvalue weighted by Crippen LogP contribution is 2.34. The SMILES string of the molecule is C=CCc1cc(CC)cc(C(Nc2ccc(C(=N)N)cc2)C(=O)O)c1OCCO.Cl. The van der Waals surface area contributed by atoms with Crippen LogP contribution in [0.3, 0.4) is 0 Å². The standard InChI is InChI=1S/C22H27N3O4.ClH/c1-3-5-16-12-14(4-2)13-18(20(16)29-11-10-26)19(22(27)28)25-17-8-6-15(7-9-17)21(23)24;/h3,6-9,12-13,19,25-26H,1,4-5,10-11H2,2H3,(H3,23,24)(H,27,28);1H. The van der Waals surface area contributed by atoms with Crippen molar-refractivity contribution in [3.63, 3.8) is 0 Å². The minimum Gasteiger partial charge on any atom is -0.491 e. The molecule has 0 saturated heterocycles. The first-order chi connectivity index (χ1) is 13.9. The zero-order valence-electron chi connectivity index (χ0n) is 16.9. The Morgan fingerprint density at radius 2 is 2.00 bits per heavy atom. The lowest BCUT2D eigenvalue weighted by molar-refractivity contribution is -0.138. The molecule has 30 heavy (non-hydrogen) atoms. The number of aliphatic hydroxyl groups is 1. The molecule has 162 valence electrons. The molecule has 0 aromatic heterocycles. The molecular formula is C22H28ClN3O4. The monoisotopic (exact) mass is 433 g/mol. The average Bonchev–Trinajstić information content (AvgIpc) is 2.71. The van der Waals surface area contributed by atoms with Gasteiger partial charge >= 0.3 is 5.97 Å². The second kappa shape index (κ2) is 11.8. The number of rotatable bonds is 11. The fourth-order valence-electron chi connectivity index (χ4n) is 3.02. The number of hydrogen-bond acceptors (Lipinski definition) is 5. The van der Waals surface area contributed by atoms with Crippen LogP contribution in [-0.4, -0.2) is 35.2 Å². The number of allylic oxidation sites excluding steroid dienone is 1. The summed E-state index contributed by atoms with van der Waals surface area (Å²) in [5.74, 6) is -0.681. The predicted octanol–water partition coefficient (Wildman–Crippen LogP) is 3.29. The van der Waals surface area contributed by atoms with Crippen molar-refractivity contribution >= 4 is 29.9 Å². The third-order valence-corrected chi connectivity index (χ3v) is 4.43. The summed E-state index contributed by atoms with van der Waals surface area (Å²) in [5.41, 5.74) is 8.88. The van der Waals surface area contributed by atoms with E-state index in [-0.39, 0.29) is 31.5 Å². The highest BCUT2D eigenvalue weighted by atomic mass is 35.5. The van der Waals surface area contributed by atoms with Crippen molar-refractivity contribution in [1.82, 2.24) is 0 Å². The number of carbonyl (C=O) groups is 1. The van der Waals surface area contributed by atoms with E-state index in [0.29, 0.717) is 29.0 Å². The van der Waals surface area contributed by atoms with Gasteiger partial charge in [0.15, 0.2) is 6.04 Å². The van der Waals surface area contributed by atoms with E-state index in [1.807, 2.05) is 19.1 Å². The summed E-state index contributed by atoms with van der Waals surface area (Å²) < 4.78 is 5.74. The molecule has 2 rings (SSSR count). The smallest absolute Gasteiger partial charge is 0.330 e. The number of ether oxygens (including phenoxy) is 1. The first-order valence-corrected chi connectivity index (χ1v) is 9.35. The van der Waals surface area contributed by atoms with Crippen molar-refractivity contribution in [2.45, 2.75) is 25.8 Å². The molecule has 0 bridgehead atoms. The summed E-state index contributed by atoms with van der Waals surface area (Å²) in [6.45, 7) is 5.64. The summed E-state index contributed by atoms with van der Waals surface area (Å²) in [6.07, 6.45) is 2.98. The molecular weight excluding hydrogens is 406 g/mol. The molecule has 7 nitrogen and oxygen atoms in total. The Morgan fingerprint density at radius 3 is 2.50 bits per heavy atom. The Kier molecular flexibility index (Phi) is 9.88. The van der Waals surface area contributed by atoms with Crippen LogP contribution in [0.1, 0.15) is 35.2 Å². The van der Waals surface area contributed by atoms with Crippen molar-refractivity contribution < 1.29 is 19.7 Å². The maximum atomic E-state index is 12.1. The first kappa shape index (κ1) is 25.0. The van der Waals surface area contributed by atoms with Gasteiger partial charge in [0.05, 0.1) is 6.61 Å². The highest BCUT2D eigenvalue weighted by Gasteiger charge is 2.26. The van der Waals surface area contributed by atoms with Crippen LogP contribution in [0, 0.1) is 5.41 Å².